The Kier molecular flexibility index (Phi) is 3.42. The number of nitrogens with zero attached hydrogens (tertiary/aromatic N) is 1. The van der Waals surface area contributed by atoms with Gasteiger partial charge in [-0.2, -0.15) is 13.2 Å². The summed E-state index contributed by atoms with van der Waals surface area (Å²) in [5, 5.41) is 4.61. The summed E-state index contributed by atoms with van der Waals surface area (Å²) in [6, 6.07) is -0.0458. The van der Waals surface area contributed by atoms with Crippen molar-refractivity contribution in [3.63, 3.8) is 0 Å². The van der Waals surface area contributed by atoms with Gasteiger partial charge in [-0.25, -0.2) is 5.01 Å². The number of alkyl halides is 3. The van der Waals surface area contributed by atoms with E-state index in [1.165, 1.54) is 0 Å². The highest BCUT2D eigenvalue weighted by Crippen LogP contribution is 2.35. The molecule has 1 heterocycles. The molecule has 2 fully saturated rings. The Morgan fingerprint density at radius 3 is 2.50 bits per heavy atom. The molecule has 1 saturated carbocycles. The van der Waals surface area contributed by atoms with Crippen LogP contribution in [0, 0.1) is 5.92 Å². The summed E-state index contributed by atoms with van der Waals surface area (Å²) in [6.07, 6.45) is -1.24. The van der Waals surface area contributed by atoms with Crippen LogP contribution < -0.4 is 11.2 Å². The summed E-state index contributed by atoms with van der Waals surface area (Å²) in [5.74, 6) is 4.54. The smallest absolute Gasteiger partial charge is 0.313 e. The maximum atomic E-state index is 12.6. The molecule has 1 aliphatic heterocycles. The Hall–Kier alpha value is -0.330. The fraction of sp³-hybridized carbons (Fsp3) is 1.00. The minimum Gasteiger partial charge on any atom is -0.313 e. The van der Waals surface area contributed by atoms with Crippen LogP contribution in [-0.4, -0.2) is 36.4 Å². The van der Waals surface area contributed by atoms with Crippen LogP contribution in [0.1, 0.15) is 25.7 Å². The van der Waals surface area contributed by atoms with E-state index in [0.717, 1.165) is 12.8 Å². The summed E-state index contributed by atoms with van der Waals surface area (Å²) in [4.78, 5) is 0. The minimum absolute atomic E-state index is 0.197. The molecule has 0 aromatic rings. The average Bonchev–Trinajstić information content (AvgIpc) is 2.91. The van der Waals surface area contributed by atoms with Crippen molar-refractivity contribution in [3.05, 3.63) is 0 Å². The molecule has 2 unspecified atom stereocenters. The number of hydrogen-bond acceptors (Lipinski definition) is 3. The summed E-state index contributed by atoms with van der Waals surface area (Å²) in [6.45, 7) is 1.01. The summed E-state index contributed by atoms with van der Waals surface area (Å²) < 4.78 is 37.9. The number of nitrogens with one attached hydrogen (secondary N) is 1. The third-order valence-electron chi connectivity index (χ3n) is 3.48. The first-order valence-electron chi connectivity index (χ1n) is 5.80. The van der Waals surface area contributed by atoms with Crippen LogP contribution in [0.3, 0.4) is 0 Å². The van der Waals surface area contributed by atoms with E-state index in [-0.39, 0.29) is 6.42 Å². The van der Waals surface area contributed by atoms with Crippen LogP contribution >= 0.6 is 0 Å². The molecular formula is C10H18F3N3. The zero-order chi connectivity index (χ0) is 11.8. The van der Waals surface area contributed by atoms with Crippen molar-refractivity contribution >= 4 is 0 Å². The van der Waals surface area contributed by atoms with E-state index >= 15 is 0 Å². The van der Waals surface area contributed by atoms with Crippen LogP contribution in [0.2, 0.25) is 0 Å². The van der Waals surface area contributed by atoms with Crippen LogP contribution in [-0.2, 0) is 0 Å². The molecule has 94 valence electrons. The van der Waals surface area contributed by atoms with E-state index in [1.54, 1.807) is 5.01 Å². The van der Waals surface area contributed by atoms with Crippen molar-refractivity contribution in [1.29, 1.82) is 0 Å². The quantitative estimate of drug-likeness (QED) is 0.571. The Balaban J connectivity index is 1.79. The Morgan fingerprint density at radius 2 is 1.94 bits per heavy atom. The molecule has 2 atom stereocenters. The zero-order valence-electron chi connectivity index (χ0n) is 9.13. The van der Waals surface area contributed by atoms with Gasteiger partial charge in [0.05, 0.1) is 5.92 Å². The zero-order valence-corrected chi connectivity index (χ0v) is 9.13. The number of halogens is 3. The predicted molar refractivity (Wildman–Crippen MR) is 54.5 cm³/mol. The lowest BCUT2D eigenvalue weighted by molar-refractivity contribution is -0.177. The molecule has 2 rings (SSSR count). The summed E-state index contributed by atoms with van der Waals surface area (Å²) >= 11 is 0. The van der Waals surface area contributed by atoms with Gasteiger partial charge in [0.1, 0.15) is 0 Å². The molecule has 0 spiro atoms. The van der Waals surface area contributed by atoms with E-state index in [0.29, 0.717) is 25.6 Å². The van der Waals surface area contributed by atoms with Gasteiger partial charge in [-0.3, -0.25) is 5.84 Å². The van der Waals surface area contributed by atoms with Gasteiger partial charge in [0.2, 0.25) is 0 Å². The predicted octanol–water partition coefficient (Wildman–Crippen LogP) is 1.25. The van der Waals surface area contributed by atoms with Crippen molar-refractivity contribution in [1.82, 2.24) is 10.3 Å². The van der Waals surface area contributed by atoms with E-state index < -0.39 is 18.1 Å². The van der Waals surface area contributed by atoms with Crippen molar-refractivity contribution in [2.24, 2.45) is 11.8 Å². The third kappa shape index (κ3) is 2.87. The molecule has 2 aliphatic rings. The molecule has 1 saturated heterocycles. The van der Waals surface area contributed by atoms with Gasteiger partial charge in [-0.05, 0) is 32.2 Å². The molecule has 0 radical (unpaired) electrons. The van der Waals surface area contributed by atoms with Gasteiger partial charge in [-0.1, -0.05) is 0 Å². The molecule has 0 bridgehead atoms. The fourth-order valence-corrected chi connectivity index (χ4v) is 2.34. The van der Waals surface area contributed by atoms with Crippen molar-refractivity contribution in [3.8, 4) is 0 Å². The number of nitrogens with two attached hydrogens (primary N) is 1. The van der Waals surface area contributed by atoms with Crippen LogP contribution in [0.4, 0.5) is 13.2 Å². The molecule has 6 heteroatoms. The topological polar surface area (TPSA) is 41.3 Å². The first-order valence-corrected chi connectivity index (χ1v) is 5.80. The van der Waals surface area contributed by atoms with Crippen molar-refractivity contribution in [2.75, 3.05) is 13.1 Å². The maximum absolute atomic E-state index is 12.6. The monoisotopic (exact) mass is 237 g/mol. The number of hydrazine groups is 1. The molecular weight excluding hydrogens is 219 g/mol. The highest BCUT2D eigenvalue weighted by Gasteiger charge is 2.46. The minimum atomic E-state index is -4.08. The lowest BCUT2D eigenvalue weighted by Gasteiger charge is -2.24. The van der Waals surface area contributed by atoms with Crippen molar-refractivity contribution in [2.45, 2.75) is 43.9 Å². The highest BCUT2D eigenvalue weighted by molar-refractivity contribution is 4.89. The molecule has 1 aliphatic carbocycles. The average molecular weight is 237 g/mol. The molecule has 0 aromatic heterocycles. The highest BCUT2D eigenvalue weighted by atomic mass is 19.4. The van der Waals surface area contributed by atoms with Crippen LogP contribution in [0.25, 0.3) is 0 Å². The molecule has 0 amide bonds. The summed E-state index contributed by atoms with van der Waals surface area (Å²) in [7, 11) is 0. The molecule has 0 aromatic carbocycles. The number of hydrogen-bond donors (Lipinski definition) is 2. The van der Waals surface area contributed by atoms with Gasteiger partial charge < -0.3 is 5.32 Å². The molecule has 3 N–H and O–H groups in total. The van der Waals surface area contributed by atoms with Gasteiger partial charge >= 0.3 is 6.18 Å². The first kappa shape index (κ1) is 12.1. The maximum Gasteiger partial charge on any atom is 0.393 e. The van der Waals surface area contributed by atoms with E-state index in [9.17, 15) is 13.2 Å². The summed E-state index contributed by atoms with van der Waals surface area (Å²) in [5.41, 5.74) is 0. The largest absolute Gasteiger partial charge is 0.393 e. The molecule has 3 nitrogen and oxygen atoms in total. The first-order chi connectivity index (χ1) is 7.48. The lowest BCUT2D eigenvalue weighted by Crippen LogP contribution is -2.41. The van der Waals surface area contributed by atoms with E-state index in [2.05, 4.69) is 5.32 Å². The number of rotatable bonds is 4. The van der Waals surface area contributed by atoms with Crippen LogP contribution in [0.15, 0.2) is 0 Å². The Bertz CT molecular complexity index is 240. The van der Waals surface area contributed by atoms with Gasteiger partial charge in [0.15, 0.2) is 0 Å². The van der Waals surface area contributed by atoms with E-state index in [1.807, 2.05) is 0 Å². The normalized spacial score (nSPS) is 31.3. The Morgan fingerprint density at radius 1 is 1.25 bits per heavy atom. The second-order valence-electron chi connectivity index (χ2n) is 4.76. The fourth-order valence-electron chi connectivity index (χ4n) is 2.34. The van der Waals surface area contributed by atoms with Gasteiger partial charge in [-0.15, -0.1) is 0 Å². The van der Waals surface area contributed by atoms with Gasteiger partial charge in [0, 0.05) is 18.6 Å². The Labute approximate surface area is 93.1 Å². The standard InChI is InChI=1S/C10H18F3N3/c11-10(12,13)8-3-5-15-9(8)4-6-16(14)7-1-2-7/h7-9,15H,1-6,14H2. The molecule has 16 heavy (non-hydrogen) atoms. The van der Waals surface area contributed by atoms with Gasteiger partial charge in [0.25, 0.3) is 0 Å². The lowest BCUT2D eigenvalue weighted by atomic mass is 9.97. The van der Waals surface area contributed by atoms with Crippen LogP contribution in [0.5, 0.6) is 0 Å². The van der Waals surface area contributed by atoms with E-state index in [4.69, 9.17) is 5.84 Å². The second-order valence-corrected chi connectivity index (χ2v) is 4.76. The van der Waals surface area contributed by atoms with Crippen molar-refractivity contribution < 1.29 is 13.2 Å². The third-order valence-corrected chi connectivity index (χ3v) is 3.48. The second kappa shape index (κ2) is 4.50. The SMILES string of the molecule is NN(CCC1NCCC1C(F)(F)F)C1CC1.